The van der Waals surface area contributed by atoms with Gasteiger partial charge in [-0.1, -0.05) is 147 Å². The van der Waals surface area contributed by atoms with Gasteiger partial charge in [-0.15, -0.1) is 0 Å². The van der Waals surface area contributed by atoms with Crippen LogP contribution in [-0.2, 0) is 9.59 Å². The summed E-state index contributed by atoms with van der Waals surface area (Å²) in [5.74, 6) is 0.192. The van der Waals surface area contributed by atoms with Crippen molar-refractivity contribution in [3.05, 3.63) is 203 Å². The van der Waals surface area contributed by atoms with Crippen LogP contribution < -0.4 is 9.47 Å². The van der Waals surface area contributed by atoms with Crippen molar-refractivity contribution in [3.8, 4) is 11.5 Å². The summed E-state index contributed by atoms with van der Waals surface area (Å²) in [5, 5.41) is 3.91. The largest absolute Gasteiger partial charge is 0.426 e. The van der Waals surface area contributed by atoms with Gasteiger partial charge in [0.2, 0.25) is 0 Å². The van der Waals surface area contributed by atoms with Crippen molar-refractivity contribution in [2.75, 3.05) is 0 Å². The van der Waals surface area contributed by atoms with Crippen molar-refractivity contribution < 1.29 is 19.1 Å². The van der Waals surface area contributed by atoms with Crippen LogP contribution in [0.5, 0.6) is 11.5 Å². The lowest BCUT2D eigenvalue weighted by atomic mass is 9.86. The van der Waals surface area contributed by atoms with Crippen molar-refractivity contribution in [2.45, 2.75) is 61.1 Å². The van der Waals surface area contributed by atoms with E-state index in [0.717, 1.165) is 43.2 Å². The Balaban J connectivity index is 1.13. The fraction of sp³-hybridized carbons (Fsp3) is 0.154. The van der Waals surface area contributed by atoms with Crippen LogP contribution in [-0.4, -0.2) is 11.9 Å². The fourth-order valence-electron chi connectivity index (χ4n) is 5.70. The monoisotopic (exact) mass is 832 g/mol. The van der Waals surface area contributed by atoms with Gasteiger partial charge in [-0.3, -0.25) is 4.79 Å². The molecule has 0 fully saturated rings. The number of carbonyl (C=O) groups excluding carboxylic acids is 2. The molecule has 0 bridgehead atoms. The molecule has 6 aromatic rings. The third-order valence-electron chi connectivity index (χ3n) is 8.77. The summed E-state index contributed by atoms with van der Waals surface area (Å²) in [6.45, 7) is 12.1. The summed E-state index contributed by atoms with van der Waals surface area (Å²) < 4.78 is 11.4. The molecule has 0 N–H and O–H groups in total. The highest BCUT2D eigenvalue weighted by molar-refractivity contribution is 8.02. The van der Waals surface area contributed by atoms with Crippen LogP contribution in [0, 0.1) is 10.8 Å². The first-order valence-electron chi connectivity index (χ1n) is 19.4. The molecule has 0 aliphatic heterocycles. The van der Waals surface area contributed by atoms with E-state index in [1.54, 1.807) is 28.9 Å². The van der Waals surface area contributed by atoms with Gasteiger partial charge in [0.05, 0.1) is 5.41 Å². The molecule has 6 rings (SSSR count). The van der Waals surface area contributed by atoms with E-state index in [-0.39, 0.29) is 11.4 Å². The Morgan fingerprint density at radius 2 is 0.847 bits per heavy atom. The summed E-state index contributed by atoms with van der Waals surface area (Å²) in [6.07, 6.45) is 3.67. The van der Waals surface area contributed by atoms with E-state index in [1.165, 1.54) is 27.6 Å². The number of rotatable bonds is 13. The Bertz CT molecular complexity index is 2400. The topological polar surface area (TPSA) is 52.6 Å². The quantitative estimate of drug-likeness (QED) is 0.0378. The van der Waals surface area contributed by atoms with Crippen LogP contribution >= 0.6 is 35.3 Å². The Kier molecular flexibility index (Phi) is 14.6. The number of carbonyl (C=O) groups is 2. The number of thioether (sulfide) groups is 2. The molecule has 0 saturated heterocycles. The van der Waals surface area contributed by atoms with Crippen molar-refractivity contribution in [1.29, 1.82) is 0 Å². The average Bonchev–Trinajstić information content (AvgIpc) is 3.22. The van der Waals surface area contributed by atoms with Crippen LogP contribution in [0.1, 0.15) is 63.8 Å². The molecule has 0 amide bonds. The maximum Gasteiger partial charge on any atom is 0.336 e. The van der Waals surface area contributed by atoms with Gasteiger partial charge in [-0.2, -0.15) is 0 Å². The van der Waals surface area contributed by atoms with Gasteiger partial charge < -0.3 is 9.47 Å². The number of benzene rings is 6. The minimum Gasteiger partial charge on any atom is -0.426 e. The van der Waals surface area contributed by atoms with E-state index in [1.807, 2.05) is 106 Å². The lowest BCUT2D eigenvalue weighted by Gasteiger charge is -2.19. The second-order valence-corrected chi connectivity index (χ2v) is 18.9. The van der Waals surface area contributed by atoms with Gasteiger partial charge in [0.25, 0.3) is 0 Å². The number of hydrogen-bond donors (Lipinski definition) is 0. The normalized spacial score (nSPS) is 12.4. The van der Waals surface area contributed by atoms with E-state index in [0.29, 0.717) is 11.5 Å². The zero-order chi connectivity index (χ0) is 41.8. The molecule has 0 unspecified atom stereocenters. The van der Waals surface area contributed by atoms with E-state index in [2.05, 4.69) is 105 Å². The molecule has 298 valence electrons. The Hall–Kier alpha value is -5.47. The minimum atomic E-state index is -0.616. The van der Waals surface area contributed by atoms with E-state index < -0.39 is 11.4 Å². The molecule has 4 nitrogen and oxygen atoms in total. The second kappa shape index (κ2) is 20.0. The highest BCUT2D eigenvalue weighted by Crippen LogP contribution is 2.38. The van der Waals surface area contributed by atoms with Gasteiger partial charge in [-0.05, 0) is 143 Å². The molecular formula is C52H48O4S3. The number of esters is 2. The van der Waals surface area contributed by atoms with Crippen LogP contribution in [0.3, 0.4) is 0 Å². The zero-order valence-electron chi connectivity index (χ0n) is 34.2. The van der Waals surface area contributed by atoms with Crippen molar-refractivity contribution in [2.24, 2.45) is 10.8 Å². The highest BCUT2D eigenvalue weighted by Gasteiger charge is 2.24. The smallest absolute Gasteiger partial charge is 0.336 e. The summed E-state index contributed by atoms with van der Waals surface area (Å²) in [6, 6.07) is 52.6. The summed E-state index contributed by atoms with van der Waals surface area (Å²) in [4.78, 5) is 30.0. The van der Waals surface area contributed by atoms with E-state index >= 15 is 0 Å². The lowest BCUT2D eigenvalue weighted by Crippen LogP contribution is -2.25. The molecule has 0 aliphatic rings. The number of allylic oxidation sites excluding steroid dienone is 1. The maximum atomic E-state index is 12.9. The van der Waals surface area contributed by atoms with Gasteiger partial charge in [0, 0.05) is 25.7 Å². The minimum absolute atomic E-state index is 0.173. The summed E-state index contributed by atoms with van der Waals surface area (Å²) in [5.41, 5.74) is 5.54. The number of hydrogen-bond acceptors (Lipinski definition) is 7. The van der Waals surface area contributed by atoms with Crippen LogP contribution in [0.4, 0.5) is 0 Å². The first kappa shape index (κ1) is 43.1. The van der Waals surface area contributed by atoms with Gasteiger partial charge in [0.15, 0.2) is 0 Å². The molecule has 0 saturated carbocycles. The highest BCUT2D eigenvalue weighted by atomic mass is 32.2. The maximum absolute atomic E-state index is 12.9. The SMILES string of the molecule is CC(C)(C)C=CSc1ccc(Sc2ccc(SC=CC(=O)Oc3ccc(C(=C(c4ccccc4)c4ccc(OC(=O)C(C)(C)C)cc4)c4ccccc4)cc3)cc2)cc1. The molecule has 7 heteroatoms. The zero-order valence-corrected chi connectivity index (χ0v) is 36.6. The van der Waals surface area contributed by atoms with Gasteiger partial charge >= 0.3 is 11.9 Å². The molecule has 59 heavy (non-hydrogen) atoms. The van der Waals surface area contributed by atoms with Crippen LogP contribution in [0.25, 0.3) is 11.1 Å². The molecule has 0 aromatic heterocycles. The molecular weight excluding hydrogens is 785 g/mol. The van der Waals surface area contributed by atoms with Crippen molar-refractivity contribution >= 4 is 58.4 Å². The van der Waals surface area contributed by atoms with E-state index in [9.17, 15) is 9.59 Å². The first-order valence-corrected chi connectivity index (χ1v) is 21.9. The van der Waals surface area contributed by atoms with Crippen molar-refractivity contribution in [3.63, 3.8) is 0 Å². The standard InChI is InChI=1S/C52H48O4S3/c1-51(2,3)34-36-58-44-27-31-46(32-28-44)59-45-29-25-43(26-30-45)57-35-33-47(53)55-41-21-17-39(18-22-41)48(37-13-9-7-10-14-37)49(38-15-11-8-12-16-38)40-19-23-42(24-20-40)56-50(54)52(4,5)6/h7-36H,1-6H3. The molecule has 6 aromatic carbocycles. The molecule has 0 aliphatic carbocycles. The van der Waals surface area contributed by atoms with Gasteiger partial charge in [0.1, 0.15) is 11.5 Å². The number of ether oxygens (including phenoxy) is 2. The predicted octanol–water partition coefficient (Wildman–Crippen LogP) is 14.7. The summed E-state index contributed by atoms with van der Waals surface area (Å²) >= 11 is 4.91. The Labute approximate surface area is 361 Å². The molecule has 0 atom stereocenters. The third kappa shape index (κ3) is 13.0. The average molecular weight is 833 g/mol. The lowest BCUT2D eigenvalue weighted by molar-refractivity contribution is -0.143. The summed E-state index contributed by atoms with van der Waals surface area (Å²) in [7, 11) is 0. The molecule has 0 spiro atoms. The predicted molar refractivity (Wildman–Crippen MR) is 248 cm³/mol. The molecule has 0 radical (unpaired) electrons. The van der Waals surface area contributed by atoms with Crippen LogP contribution in [0.15, 0.2) is 200 Å². The Morgan fingerprint density at radius 1 is 0.458 bits per heavy atom. The first-order chi connectivity index (χ1) is 28.3. The fourth-order valence-corrected chi connectivity index (χ4v) is 8.08. The van der Waals surface area contributed by atoms with Gasteiger partial charge in [-0.25, -0.2) is 4.79 Å². The third-order valence-corrected chi connectivity index (χ3v) is 11.4. The van der Waals surface area contributed by atoms with E-state index in [4.69, 9.17) is 9.47 Å². The second-order valence-electron chi connectivity index (χ2n) is 15.8. The van der Waals surface area contributed by atoms with Crippen LogP contribution in [0.2, 0.25) is 0 Å². The molecule has 0 heterocycles. The van der Waals surface area contributed by atoms with Crippen molar-refractivity contribution in [1.82, 2.24) is 0 Å². The Morgan fingerprint density at radius 3 is 1.27 bits per heavy atom.